The molecule has 0 saturated carbocycles. The van der Waals surface area contributed by atoms with E-state index >= 15 is 0 Å². The van der Waals surface area contributed by atoms with Gasteiger partial charge < -0.3 is 4.52 Å². The highest BCUT2D eigenvalue weighted by Crippen LogP contribution is 2.24. The molecule has 0 aliphatic heterocycles. The Labute approximate surface area is 91.9 Å². The maximum Gasteiger partial charge on any atom is 0.361 e. The van der Waals surface area contributed by atoms with Crippen molar-refractivity contribution in [3.63, 3.8) is 0 Å². The molecule has 0 aliphatic rings. The molecule has 0 amide bonds. The highest BCUT2D eigenvalue weighted by atomic mass is 19.1. The average Bonchev–Trinajstić information content (AvgIpc) is 2.61. The van der Waals surface area contributed by atoms with E-state index in [9.17, 15) is 9.18 Å². The Morgan fingerprint density at radius 2 is 1.88 bits per heavy atom. The largest absolute Gasteiger partial charge is 0.361 e. The maximum absolute atomic E-state index is 12.8. The second-order valence-corrected chi connectivity index (χ2v) is 3.94. The van der Waals surface area contributed by atoms with Gasteiger partial charge in [0.1, 0.15) is 5.82 Å². The first kappa shape index (κ1) is 10.7. The zero-order valence-corrected chi connectivity index (χ0v) is 9.08. The fourth-order valence-corrected chi connectivity index (χ4v) is 1.66. The van der Waals surface area contributed by atoms with Gasteiger partial charge in [-0.1, -0.05) is 13.8 Å². The van der Waals surface area contributed by atoms with Gasteiger partial charge in [-0.2, -0.15) is 0 Å². The van der Waals surface area contributed by atoms with Gasteiger partial charge in [-0.25, -0.2) is 14.3 Å². The molecule has 0 atom stereocenters. The van der Waals surface area contributed by atoms with E-state index in [1.54, 1.807) is 12.1 Å². The first-order valence-corrected chi connectivity index (χ1v) is 5.07. The summed E-state index contributed by atoms with van der Waals surface area (Å²) in [6.07, 6.45) is 0. The van der Waals surface area contributed by atoms with Crippen LogP contribution < -0.4 is 5.63 Å². The molecule has 84 valence electrons. The summed E-state index contributed by atoms with van der Waals surface area (Å²) < 4.78 is 17.5. The van der Waals surface area contributed by atoms with Gasteiger partial charge in [0.2, 0.25) is 0 Å². The van der Waals surface area contributed by atoms with E-state index in [1.807, 2.05) is 13.8 Å². The highest BCUT2D eigenvalue weighted by molar-refractivity contribution is 5.62. The number of H-pyrrole nitrogens is 1. The predicted molar refractivity (Wildman–Crippen MR) is 58.8 cm³/mol. The summed E-state index contributed by atoms with van der Waals surface area (Å²) in [5.41, 5.74) is 1.59. The molecule has 16 heavy (non-hydrogen) atoms. The Morgan fingerprint density at radius 1 is 1.25 bits per heavy atom. The lowest BCUT2D eigenvalue weighted by Gasteiger charge is -2.03. The zero-order chi connectivity index (χ0) is 11.7. The van der Waals surface area contributed by atoms with Gasteiger partial charge in [-0.05, 0) is 30.2 Å². The summed E-state index contributed by atoms with van der Waals surface area (Å²) in [6, 6.07) is 5.93. The minimum Gasteiger partial charge on any atom is -0.338 e. The number of aromatic nitrogens is 1. The van der Waals surface area contributed by atoms with Crippen molar-refractivity contribution >= 4 is 0 Å². The molecule has 0 unspecified atom stereocenters. The molecule has 0 fully saturated rings. The molecule has 1 aromatic heterocycles. The third-order valence-electron chi connectivity index (χ3n) is 2.45. The van der Waals surface area contributed by atoms with Crippen LogP contribution in [0.3, 0.4) is 0 Å². The SMILES string of the molecule is CC(C)c1c(-c2ccc(F)cc2)[nH]oc1=O. The van der Waals surface area contributed by atoms with Crippen LogP contribution in [0.25, 0.3) is 11.3 Å². The van der Waals surface area contributed by atoms with Crippen LogP contribution in [0.15, 0.2) is 33.6 Å². The molecule has 0 aliphatic carbocycles. The topological polar surface area (TPSA) is 46.0 Å². The average molecular weight is 221 g/mol. The Morgan fingerprint density at radius 3 is 2.44 bits per heavy atom. The van der Waals surface area contributed by atoms with E-state index < -0.39 is 0 Å². The molecule has 2 aromatic rings. The summed E-state index contributed by atoms with van der Waals surface area (Å²) in [6.45, 7) is 3.82. The van der Waals surface area contributed by atoms with Crippen molar-refractivity contribution < 1.29 is 8.91 Å². The number of hydrogen-bond donors (Lipinski definition) is 1. The summed E-state index contributed by atoms with van der Waals surface area (Å²) in [5.74, 6) is -0.247. The summed E-state index contributed by atoms with van der Waals surface area (Å²) >= 11 is 0. The van der Waals surface area contributed by atoms with Crippen molar-refractivity contribution in [1.82, 2.24) is 5.16 Å². The van der Waals surface area contributed by atoms with E-state index in [0.717, 1.165) is 5.56 Å². The summed E-state index contributed by atoms with van der Waals surface area (Å²) in [7, 11) is 0. The molecule has 2 rings (SSSR count). The molecule has 4 heteroatoms. The van der Waals surface area contributed by atoms with Crippen molar-refractivity contribution in [3.8, 4) is 11.3 Å². The smallest absolute Gasteiger partial charge is 0.338 e. The quantitative estimate of drug-likeness (QED) is 0.847. The fourth-order valence-electron chi connectivity index (χ4n) is 1.66. The van der Waals surface area contributed by atoms with Gasteiger partial charge in [0.25, 0.3) is 0 Å². The van der Waals surface area contributed by atoms with Crippen molar-refractivity contribution in [2.24, 2.45) is 0 Å². The number of aromatic amines is 1. The Bertz CT molecular complexity index is 537. The standard InChI is InChI=1S/C12H12FNO2/c1-7(2)10-11(14-16-12(10)15)8-3-5-9(13)6-4-8/h3-7,14H,1-2H3. The zero-order valence-electron chi connectivity index (χ0n) is 9.08. The van der Waals surface area contributed by atoms with E-state index in [-0.39, 0.29) is 17.4 Å². The molecule has 0 saturated heterocycles. The summed E-state index contributed by atoms with van der Waals surface area (Å²) in [4.78, 5) is 11.4. The summed E-state index contributed by atoms with van der Waals surface area (Å²) in [5, 5.41) is 2.58. The lowest BCUT2D eigenvalue weighted by Crippen LogP contribution is -2.04. The molecule has 1 N–H and O–H groups in total. The van der Waals surface area contributed by atoms with Crippen LogP contribution in [0.2, 0.25) is 0 Å². The normalized spacial score (nSPS) is 11.0. The second-order valence-electron chi connectivity index (χ2n) is 3.94. The second kappa shape index (κ2) is 3.96. The van der Waals surface area contributed by atoms with E-state index in [4.69, 9.17) is 4.52 Å². The lowest BCUT2D eigenvalue weighted by atomic mass is 10.00. The molecule has 0 spiro atoms. The Balaban J connectivity index is 2.56. The van der Waals surface area contributed by atoms with Crippen molar-refractivity contribution in [3.05, 3.63) is 46.1 Å². The van der Waals surface area contributed by atoms with Crippen molar-refractivity contribution in [2.75, 3.05) is 0 Å². The monoisotopic (exact) mass is 221 g/mol. The lowest BCUT2D eigenvalue weighted by molar-refractivity contribution is 0.391. The minimum atomic E-state index is -0.366. The molecule has 1 heterocycles. The van der Waals surface area contributed by atoms with Gasteiger partial charge in [0.15, 0.2) is 0 Å². The number of benzene rings is 1. The Hall–Kier alpha value is -1.84. The molecule has 0 radical (unpaired) electrons. The molecular formula is C12H12FNO2. The van der Waals surface area contributed by atoms with Crippen molar-refractivity contribution in [1.29, 1.82) is 0 Å². The molecular weight excluding hydrogens is 209 g/mol. The molecule has 3 nitrogen and oxygen atoms in total. The van der Waals surface area contributed by atoms with Crippen LogP contribution in [0.5, 0.6) is 0 Å². The maximum atomic E-state index is 12.8. The first-order valence-electron chi connectivity index (χ1n) is 5.07. The molecule has 1 aromatic carbocycles. The van der Waals surface area contributed by atoms with Gasteiger partial charge in [0.05, 0.1) is 11.3 Å². The van der Waals surface area contributed by atoms with Gasteiger partial charge in [0, 0.05) is 5.56 Å². The van der Waals surface area contributed by atoms with E-state index in [2.05, 4.69) is 5.16 Å². The number of nitrogens with one attached hydrogen (secondary N) is 1. The van der Waals surface area contributed by atoms with Crippen LogP contribution in [0, 0.1) is 5.82 Å². The van der Waals surface area contributed by atoms with Gasteiger partial charge in [-0.15, -0.1) is 0 Å². The van der Waals surface area contributed by atoms with E-state index in [1.165, 1.54) is 12.1 Å². The van der Waals surface area contributed by atoms with Gasteiger partial charge in [-0.3, -0.25) is 0 Å². The predicted octanol–water partition coefficient (Wildman–Crippen LogP) is 2.90. The van der Waals surface area contributed by atoms with Crippen LogP contribution >= 0.6 is 0 Å². The number of halogens is 1. The third-order valence-corrected chi connectivity index (χ3v) is 2.45. The molecule has 0 bridgehead atoms. The number of hydrogen-bond acceptors (Lipinski definition) is 2. The van der Waals surface area contributed by atoms with Crippen LogP contribution in [0.1, 0.15) is 25.3 Å². The fraction of sp³-hybridized carbons (Fsp3) is 0.250. The van der Waals surface area contributed by atoms with Crippen LogP contribution in [-0.2, 0) is 0 Å². The third kappa shape index (κ3) is 1.78. The van der Waals surface area contributed by atoms with Gasteiger partial charge >= 0.3 is 5.63 Å². The van der Waals surface area contributed by atoms with Crippen LogP contribution in [-0.4, -0.2) is 5.16 Å². The Kier molecular flexibility index (Phi) is 2.64. The minimum absolute atomic E-state index is 0.0579. The van der Waals surface area contributed by atoms with E-state index in [0.29, 0.717) is 11.3 Å². The first-order chi connectivity index (χ1) is 7.59. The number of rotatable bonds is 2. The van der Waals surface area contributed by atoms with Crippen molar-refractivity contribution in [2.45, 2.75) is 19.8 Å². The van der Waals surface area contributed by atoms with Crippen LogP contribution in [0.4, 0.5) is 4.39 Å². The highest BCUT2D eigenvalue weighted by Gasteiger charge is 2.16.